The van der Waals surface area contributed by atoms with E-state index in [0.29, 0.717) is 5.69 Å². The van der Waals surface area contributed by atoms with E-state index in [-0.39, 0.29) is 12.5 Å². The number of carbonyl (C=O) groups is 2. The van der Waals surface area contributed by atoms with Crippen molar-refractivity contribution >= 4 is 28.4 Å². The maximum atomic E-state index is 12.0. The summed E-state index contributed by atoms with van der Waals surface area (Å²) < 4.78 is 0. The smallest absolute Gasteiger partial charge is 0.313 e. The average molecular weight is 284 g/mol. The topological polar surface area (TPSA) is 89.0 Å². The zero-order valence-corrected chi connectivity index (χ0v) is 11.9. The Labute approximate surface area is 122 Å². The standard InChI is InChI=1S/C15H16N4O2/c1-10(6-8-16)19(2)15(21)14(20)18-13-5-3-4-12-11(13)7-9-17-12/h3-5,7,9-10,17H,6H2,1-2H3,(H,18,20). The molecule has 1 aromatic heterocycles. The van der Waals surface area contributed by atoms with Crippen LogP contribution in [-0.2, 0) is 9.59 Å². The number of nitrogens with zero attached hydrogens (tertiary/aromatic N) is 2. The van der Waals surface area contributed by atoms with Gasteiger partial charge in [-0.05, 0) is 25.1 Å². The number of nitriles is 1. The van der Waals surface area contributed by atoms with Gasteiger partial charge < -0.3 is 15.2 Å². The number of anilines is 1. The fourth-order valence-electron chi connectivity index (χ4n) is 2.00. The minimum atomic E-state index is -0.712. The van der Waals surface area contributed by atoms with E-state index in [4.69, 9.17) is 5.26 Å². The van der Waals surface area contributed by atoms with Crippen molar-refractivity contribution in [3.63, 3.8) is 0 Å². The number of fused-ring (bicyclic) bond motifs is 1. The van der Waals surface area contributed by atoms with E-state index in [9.17, 15) is 9.59 Å². The Bertz CT molecular complexity index is 714. The summed E-state index contributed by atoms with van der Waals surface area (Å²) in [6, 6.07) is 8.92. The van der Waals surface area contributed by atoms with E-state index in [1.807, 2.05) is 18.2 Å². The number of rotatable bonds is 3. The van der Waals surface area contributed by atoms with Gasteiger partial charge in [0.1, 0.15) is 0 Å². The highest BCUT2D eigenvalue weighted by Gasteiger charge is 2.23. The van der Waals surface area contributed by atoms with E-state index in [2.05, 4.69) is 10.3 Å². The van der Waals surface area contributed by atoms with Crippen LogP contribution >= 0.6 is 0 Å². The molecular weight excluding hydrogens is 268 g/mol. The van der Waals surface area contributed by atoms with Crippen molar-refractivity contribution in [1.82, 2.24) is 9.88 Å². The number of hydrogen-bond acceptors (Lipinski definition) is 3. The number of H-pyrrole nitrogens is 1. The first-order valence-corrected chi connectivity index (χ1v) is 6.55. The molecule has 1 atom stereocenters. The van der Waals surface area contributed by atoms with Crippen LogP contribution in [0.3, 0.4) is 0 Å². The van der Waals surface area contributed by atoms with E-state index in [1.165, 1.54) is 11.9 Å². The number of amides is 2. The molecule has 0 saturated carbocycles. The van der Waals surface area contributed by atoms with Crippen molar-refractivity contribution in [2.45, 2.75) is 19.4 Å². The van der Waals surface area contributed by atoms with Crippen LogP contribution in [0.5, 0.6) is 0 Å². The maximum Gasteiger partial charge on any atom is 0.313 e. The van der Waals surface area contributed by atoms with Gasteiger partial charge in [0.25, 0.3) is 0 Å². The first-order valence-electron chi connectivity index (χ1n) is 6.55. The molecular formula is C15H16N4O2. The predicted octanol–water partition coefficient (Wildman–Crippen LogP) is 1.87. The van der Waals surface area contributed by atoms with Crippen LogP contribution in [0.2, 0.25) is 0 Å². The first kappa shape index (κ1) is 14.6. The molecule has 6 nitrogen and oxygen atoms in total. The zero-order valence-electron chi connectivity index (χ0n) is 11.9. The van der Waals surface area contributed by atoms with Gasteiger partial charge >= 0.3 is 11.8 Å². The van der Waals surface area contributed by atoms with Crippen LogP contribution in [0, 0.1) is 11.3 Å². The second-order valence-corrected chi connectivity index (χ2v) is 4.83. The molecule has 1 heterocycles. The molecule has 0 bridgehead atoms. The Balaban J connectivity index is 2.13. The van der Waals surface area contributed by atoms with Gasteiger partial charge in [-0.15, -0.1) is 0 Å². The third-order valence-corrected chi connectivity index (χ3v) is 3.41. The predicted molar refractivity (Wildman–Crippen MR) is 79.4 cm³/mol. The molecule has 0 saturated heterocycles. The van der Waals surface area contributed by atoms with Crippen molar-refractivity contribution in [2.24, 2.45) is 0 Å². The van der Waals surface area contributed by atoms with Crippen LogP contribution < -0.4 is 5.32 Å². The number of aromatic nitrogens is 1. The van der Waals surface area contributed by atoms with E-state index < -0.39 is 11.8 Å². The average Bonchev–Trinajstić information content (AvgIpc) is 2.95. The van der Waals surface area contributed by atoms with Crippen molar-refractivity contribution in [3.05, 3.63) is 30.5 Å². The lowest BCUT2D eigenvalue weighted by molar-refractivity contribution is -0.143. The molecule has 0 aliphatic carbocycles. The Hall–Kier alpha value is -2.81. The summed E-state index contributed by atoms with van der Waals surface area (Å²) in [5.74, 6) is -1.37. The van der Waals surface area contributed by atoms with Crippen molar-refractivity contribution in [3.8, 4) is 6.07 Å². The van der Waals surface area contributed by atoms with E-state index in [0.717, 1.165) is 10.9 Å². The Morgan fingerprint density at radius 2 is 2.19 bits per heavy atom. The Morgan fingerprint density at radius 1 is 1.43 bits per heavy atom. The van der Waals surface area contributed by atoms with Crippen LogP contribution in [-0.4, -0.2) is 34.8 Å². The van der Waals surface area contributed by atoms with E-state index in [1.54, 1.807) is 25.3 Å². The molecule has 0 aliphatic rings. The van der Waals surface area contributed by atoms with Crippen LogP contribution in [0.15, 0.2) is 30.5 Å². The van der Waals surface area contributed by atoms with Gasteiger partial charge in [0, 0.05) is 30.2 Å². The lowest BCUT2D eigenvalue weighted by atomic mass is 10.2. The molecule has 0 spiro atoms. The van der Waals surface area contributed by atoms with Gasteiger partial charge in [0.2, 0.25) is 0 Å². The van der Waals surface area contributed by atoms with E-state index >= 15 is 0 Å². The molecule has 2 rings (SSSR count). The van der Waals surface area contributed by atoms with Crippen molar-refractivity contribution < 1.29 is 9.59 Å². The van der Waals surface area contributed by atoms with Crippen LogP contribution in [0.4, 0.5) is 5.69 Å². The normalized spacial score (nSPS) is 11.7. The molecule has 108 valence electrons. The Kier molecular flexibility index (Phi) is 4.24. The lowest BCUT2D eigenvalue weighted by Gasteiger charge is -2.22. The molecule has 1 unspecified atom stereocenters. The summed E-state index contributed by atoms with van der Waals surface area (Å²) in [7, 11) is 1.51. The van der Waals surface area contributed by atoms with Gasteiger partial charge in [-0.3, -0.25) is 9.59 Å². The number of aromatic amines is 1. The van der Waals surface area contributed by atoms with Gasteiger partial charge in [0.05, 0.1) is 18.2 Å². The van der Waals surface area contributed by atoms with Gasteiger partial charge in [-0.2, -0.15) is 5.26 Å². The molecule has 2 amide bonds. The zero-order chi connectivity index (χ0) is 15.4. The fourth-order valence-corrected chi connectivity index (χ4v) is 2.00. The van der Waals surface area contributed by atoms with Gasteiger partial charge in [0.15, 0.2) is 0 Å². The second-order valence-electron chi connectivity index (χ2n) is 4.83. The Morgan fingerprint density at radius 3 is 2.90 bits per heavy atom. The summed E-state index contributed by atoms with van der Waals surface area (Å²) >= 11 is 0. The summed E-state index contributed by atoms with van der Waals surface area (Å²) in [5.41, 5.74) is 1.46. The highest BCUT2D eigenvalue weighted by molar-refractivity contribution is 6.40. The van der Waals surface area contributed by atoms with Gasteiger partial charge in [-0.1, -0.05) is 6.07 Å². The summed E-state index contributed by atoms with van der Waals surface area (Å²) in [5, 5.41) is 12.1. The minimum Gasteiger partial charge on any atom is -0.361 e. The summed E-state index contributed by atoms with van der Waals surface area (Å²) in [6.07, 6.45) is 1.95. The molecule has 0 radical (unpaired) electrons. The second kappa shape index (κ2) is 6.09. The molecule has 2 N–H and O–H groups in total. The lowest BCUT2D eigenvalue weighted by Crippen LogP contribution is -2.42. The monoisotopic (exact) mass is 284 g/mol. The number of nitrogens with one attached hydrogen (secondary N) is 2. The SMILES string of the molecule is CC(CC#N)N(C)C(=O)C(=O)Nc1cccc2[nH]ccc12. The fraction of sp³-hybridized carbons (Fsp3) is 0.267. The highest BCUT2D eigenvalue weighted by atomic mass is 16.2. The third kappa shape index (κ3) is 3.03. The number of carbonyl (C=O) groups excluding carboxylic acids is 2. The number of likely N-dealkylation sites (N-methyl/N-ethyl adjacent to an activating group) is 1. The third-order valence-electron chi connectivity index (χ3n) is 3.41. The largest absolute Gasteiger partial charge is 0.361 e. The van der Waals surface area contributed by atoms with Crippen molar-refractivity contribution in [1.29, 1.82) is 5.26 Å². The molecule has 1 aromatic carbocycles. The van der Waals surface area contributed by atoms with Gasteiger partial charge in [-0.25, -0.2) is 0 Å². The molecule has 0 fully saturated rings. The minimum absolute atomic E-state index is 0.183. The quantitative estimate of drug-likeness (QED) is 0.843. The van der Waals surface area contributed by atoms with Crippen molar-refractivity contribution in [2.75, 3.05) is 12.4 Å². The summed E-state index contributed by atoms with van der Waals surface area (Å²) in [4.78, 5) is 28.4. The first-order chi connectivity index (χ1) is 10.0. The molecule has 0 aliphatic heterocycles. The summed E-state index contributed by atoms with van der Waals surface area (Å²) in [6.45, 7) is 1.72. The molecule has 6 heteroatoms. The molecule has 2 aromatic rings. The highest BCUT2D eigenvalue weighted by Crippen LogP contribution is 2.22. The maximum absolute atomic E-state index is 12.0. The number of benzene rings is 1. The molecule has 21 heavy (non-hydrogen) atoms. The van der Waals surface area contributed by atoms with Crippen LogP contribution in [0.1, 0.15) is 13.3 Å². The number of hydrogen-bond donors (Lipinski definition) is 2. The van der Waals surface area contributed by atoms with Crippen LogP contribution in [0.25, 0.3) is 10.9 Å².